The Morgan fingerprint density at radius 3 is 2.82 bits per heavy atom. The molecule has 1 fully saturated rings. The van der Waals surface area contributed by atoms with E-state index >= 15 is 0 Å². The zero-order chi connectivity index (χ0) is 12.4. The predicted octanol–water partition coefficient (Wildman–Crippen LogP) is 2.45. The maximum atomic E-state index is 4.63. The van der Waals surface area contributed by atoms with Gasteiger partial charge in [0.05, 0.1) is 0 Å². The lowest BCUT2D eigenvalue weighted by Gasteiger charge is -2.24. The fourth-order valence-electron chi connectivity index (χ4n) is 2.56. The average Bonchev–Trinajstić information content (AvgIpc) is 2.61. The second-order valence-electron chi connectivity index (χ2n) is 5.07. The van der Waals surface area contributed by atoms with Gasteiger partial charge in [-0.25, -0.2) is 4.98 Å². The second kappa shape index (κ2) is 4.90. The summed E-state index contributed by atoms with van der Waals surface area (Å²) in [5, 5.41) is 3.18. The Bertz CT molecular complexity index is 391. The van der Waals surface area contributed by atoms with Crippen molar-refractivity contribution in [1.29, 1.82) is 0 Å². The van der Waals surface area contributed by atoms with Crippen LogP contribution < -0.4 is 10.2 Å². The molecule has 0 amide bonds. The van der Waals surface area contributed by atoms with E-state index in [0.717, 1.165) is 36.3 Å². The van der Waals surface area contributed by atoms with Gasteiger partial charge in [0, 0.05) is 30.9 Å². The molecule has 1 aliphatic rings. The van der Waals surface area contributed by atoms with Gasteiger partial charge in [0.2, 0.25) is 5.95 Å². The minimum atomic E-state index is 0.577. The van der Waals surface area contributed by atoms with Crippen LogP contribution in [-0.4, -0.2) is 29.1 Å². The van der Waals surface area contributed by atoms with Crippen molar-refractivity contribution in [3.63, 3.8) is 0 Å². The SMILES string of the molecule is CCNc1ncc(C)c(N2CC(C)CC2C)n1. The first-order valence-electron chi connectivity index (χ1n) is 6.46. The van der Waals surface area contributed by atoms with Crippen molar-refractivity contribution in [1.82, 2.24) is 9.97 Å². The quantitative estimate of drug-likeness (QED) is 0.872. The van der Waals surface area contributed by atoms with Gasteiger partial charge in [-0.1, -0.05) is 6.92 Å². The standard InChI is InChI=1S/C13H22N4/c1-5-14-13-15-7-10(3)12(16-13)17-8-9(2)6-11(17)4/h7,9,11H,5-6,8H2,1-4H3,(H,14,15,16). The highest BCUT2D eigenvalue weighted by molar-refractivity contribution is 5.50. The van der Waals surface area contributed by atoms with Crippen LogP contribution in [0.15, 0.2) is 6.20 Å². The molecule has 0 radical (unpaired) electrons. The smallest absolute Gasteiger partial charge is 0.224 e. The molecule has 2 rings (SSSR count). The molecule has 0 aromatic carbocycles. The number of hydrogen-bond acceptors (Lipinski definition) is 4. The lowest BCUT2D eigenvalue weighted by molar-refractivity contribution is 0.625. The van der Waals surface area contributed by atoms with Crippen LogP contribution in [0.5, 0.6) is 0 Å². The summed E-state index contributed by atoms with van der Waals surface area (Å²) in [6, 6.07) is 0.577. The fourth-order valence-corrected chi connectivity index (χ4v) is 2.56. The highest BCUT2D eigenvalue weighted by Crippen LogP contribution is 2.29. The second-order valence-corrected chi connectivity index (χ2v) is 5.07. The third-order valence-corrected chi connectivity index (χ3v) is 3.34. The predicted molar refractivity (Wildman–Crippen MR) is 71.5 cm³/mol. The van der Waals surface area contributed by atoms with Crippen LogP contribution in [0.3, 0.4) is 0 Å². The summed E-state index contributed by atoms with van der Waals surface area (Å²) in [6.45, 7) is 10.7. The van der Waals surface area contributed by atoms with Crippen molar-refractivity contribution in [3.8, 4) is 0 Å². The molecular weight excluding hydrogens is 212 g/mol. The number of nitrogens with one attached hydrogen (secondary N) is 1. The van der Waals surface area contributed by atoms with E-state index in [4.69, 9.17) is 0 Å². The van der Waals surface area contributed by atoms with Crippen molar-refractivity contribution in [3.05, 3.63) is 11.8 Å². The van der Waals surface area contributed by atoms with Gasteiger partial charge in [-0.15, -0.1) is 0 Å². The van der Waals surface area contributed by atoms with E-state index < -0.39 is 0 Å². The van der Waals surface area contributed by atoms with Crippen molar-refractivity contribution < 1.29 is 0 Å². The molecule has 2 atom stereocenters. The van der Waals surface area contributed by atoms with E-state index in [2.05, 4.69) is 47.9 Å². The van der Waals surface area contributed by atoms with E-state index in [-0.39, 0.29) is 0 Å². The molecule has 17 heavy (non-hydrogen) atoms. The summed E-state index contributed by atoms with van der Waals surface area (Å²) in [6.07, 6.45) is 3.16. The van der Waals surface area contributed by atoms with E-state index in [1.807, 2.05) is 6.20 Å². The Morgan fingerprint density at radius 1 is 1.47 bits per heavy atom. The van der Waals surface area contributed by atoms with Crippen LogP contribution in [0, 0.1) is 12.8 Å². The summed E-state index contributed by atoms with van der Waals surface area (Å²) in [5.74, 6) is 2.58. The number of nitrogens with zero attached hydrogens (tertiary/aromatic N) is 3. The molecule has 0 bridgehead atoms. The molecule has 2 unspecified atom stereocenters. The lowest BCUT2D eigenvalue weighted by atomic mass is 10.1. The van der Waals surface area contributed by atoms with Crippen LogP contribution in [0.4, 0.5) is 11.8 Å². The van der Waals surface area contributed by atoms with Crippen LogP contribution in [0.1, 0.15) is 32.8 Å². The van der Waals surface area contributed by atoms with Gasteiger partial charge in [0.25, 0.3) is 0 Å². The molecule has 1 aliphatic heterocycles. The van der Waals surface area contributed by atoms with E-state index in [1.165, 1.54) is 6.42 Å². The number of aromatic nitrogens is 2. The topological polar surface area (TPSA) is 41.1 Å². The average molecular weight is 234 g/mol. The Balaban J connectivity index is 2.27. The molecule has 4 nitrogen and oxygen atoms in total. The zero-order valence-corrected chi connectivity index (χ0v) is 11.2. The molecule has 94 valence electrons. The molecule has 1 N–H and O–H groups in total. The number of rotatable bonds is 3. The van der Waals surface area contributed by atoms with Gasteiger partial charge >= 0.3 is 0 Å². The highest BCUT2D eigenvalue weighted by Gasteiger charge is 2.28. The molecule has 2 heterocycles. The molecule has 0 spiro atoms. The molecule has 1 aromatic rings. The first-order valence-corrected chi connectivity index (χ1v) is 6.46. The third-order valence-electron chi connectivity index (χ3n) is 3.34. The zero-order valence-electron chi connectivity index (χ0n) is 11.2. The largest absolute Gasteiger partial charge is 0.354 e. The van der Waals surface area contributed by atoms with Crippen molar-refractivity contribution in [2.75, 3.05) is 23.3 Å². The maximum Gasteiger partial charge on any atom is 0.224 e. The van der Waals surface area contributed by atoms with Crippen LogP contribution in [-0.2, 0) is 0 Å². The first-order chi connectivity index (χ1) is 8.11. The number of anilines is 2. The Labute approximate surface area is 103 Å². The Morgan fingerprint density at radius 2 is 2.24 bits per heavy atom. The van der Waals surface area contributed by atoms with Crippen molar-refractivity contribution in [2.24, 2.45) is 5.92 Å². The van der Waals surface area contributed by atoms with Crippen molar-refractivity contribution >= 4 is 11.8 Å². The molecule has 0 saturated carbocycles. The minimum Gasteiger partial charge on any atom is -0.354 e. The summed E-state index contributed by atoms with van der Waals surface area (Å²) in [5.41, 5.74) is 1.16. The molecule has 1 aromatic heterocycles. The van der Waals surface area contributed by atoms with Gasteiger partial charge in [0.15, 0.2) is 0 Å². The summed E-state index contributed by atoms with van der Waals surface area (Å²) < 4.78 is 0. The first kappa shape index (κ1) is 12.1. The molecular formula is C13H22N4. The monoisotopic (exact) mass is 234 g/mol. The molecule has 1 saturated heterocycles. The number of aryl methyl sites for hydroxylation is 1. The summed E-state index contributed by atoms with van der Waals surface area (Å²) in [7, 11) is 0. The maximum absolute atomic E-state index is 4.63. The fraction of sp³-hybridized carbons (Fsp3) is 0.692. The van der Waals surface area contributed by atoms with E-state index in [9.17, 15) is 0 Å². The Kier molecular flexibility index (Phi) is 3.50. The van der Waals surface area contributed by atoms with Gasteiger partial charge in [-0.3, -0.25) is 0 Å². The van der Waals surface area contributed by atoms with Gasteiger partial charge in [-0.05, 0) is 33.1 Å². The normalized spacial score (nSPS) is 24.1. The van der Waals surface area contributed by atoms with Gasteiger partial charge in [-0.2, -0.15) is 4.98 Å². The number of hydrogen-bond donors (Lipinski definition) is 1. The lowest BCUT2D eigenvalue weighted by Crippen LogP contribution is -2.28. The summed E-state index contributed by atoms with van der Waals surface area (Å²) in [4.78, 5) is 11.3. The van der Waals surface area contributed by atoms with E-state index in [0.29, 0.717) is 6.04 Å². The van der Waals surface area contributed by atoms with Crippen LogP contribution in [0.25, 0.3) is 0 Å². The third kappa shape index (κ3) is 2.51. The van der Waals surface area contributed by atoms with Gasteiger partial charge in [0.1, 0.15) is 5.82 Å². The molecule has 0 aliphatic carbocycles. The highest BCUT2D eigenvalue weighted by atomic mass is 15.3. The Hall–Kier alpha value is -1.32. The summed E-state index contributed by atoms with van der Waals surface area (Å²) >= 11 is 0. The minimum absolute atomic E-state index is 0.577. The molecule has 4 heteroatoms. The van der Waals surface area contributed by atoms with Crippen molar-refractivity contribution in [2.45, 2.75) is 40.2 Å². The van der Waals surface area contributed by atoms with E-state index in [1.54, 1.807) is 0 Å². The van der Waals surface area contributed by atoms with Crippen LogP contribution in [0.2, 0.25) is 0 Å². The van der Waals surface area contributed by atoms with Gasteiger partial charge < -0.3 is 10.2 Å². The van der Waals surface area contributed by atoms with Crippen LogP contribution >= 0.6 is 0 Å².